The van der Waals surface area contributed by atoms with E-state index in [1.807, 2.05) is 0 Å². The molecule has 1 atom stereocenters. The van der Waals surface area contributed by atoms with Gasteiger partial charge in [0.15, 0.2) is 0 Å². The van der Waals surface area contributed by atoms with Gasteiger partial charge in [0.25, 0.3) is 0 Å². The van der Waals surface area contributed by atoms with Crippen LogP contribution in [-0.2, 0) is 6.54 Å². The Morgan fingerprint density at radius 1 is 1.47 bits per heavy atom. The lowest BCUT2D eigenvalue weighted by molar-refractivity contribution is 0.203. The lowest BCUT2D eigenvalue weighted by Crippen LogP contribution is -2.35. The molecular formula is C11H16N6O2. The fourth-order valence-electron chi connectivity index (χ4n) is 2.23. The van der Waals surface area contributed by atoms with Crippen LogP contribution in [-0.4, -0.2) is 50.0 Å². The van der Waals surface area contributed by atoms with Crippen LogP contribution in [0.2, 0.25) is 0 Å². The smallest absolute Gasteiger partial charge is 0.346 e. The first-order chi connectivity index (χ1) is 9.19. The summed E-state index contributed by atoms with van der Waals surface area (Å²) in [7, 11) is 0. The number of rotatable bonds is 5. The molecule has 8 nitrogen and oxygen atoms in total. The number of amides is 2. The van der Waals surface area contributed by atoms with Crippen molar-refractivity contribution < 1.29 is 9.90 Å². The predicted molar refractivity (Wildman–Crippen MR) is 66.3 cm³/mol. The number of nitrogens with zero attached hydrogens (tertiary/aromatic N) is 5. The van der Waals surface area contributed by atoms with Gasteiger partial charge in [0.2, 0.25) is 0 Å². The molecule has 2 heterocycles. The van der Waals surface area contributed by atoms with Crippen molar-refractivity contribution in [1.29, 1.82) is 0 Å². The third-order valence-corrected chi connectivity index (χ3v) is 3.38. The van der Waals surface area contributed by atoms with Crippen molar-refractivity contribution in [2.24, 2.45) is 16.6 Å². The SMILES string of the molecule is NC1=NC(=O)N(CC2CC2)C1c1cn(CCO)nn1. The Kier molecular flexibility index (Phi) is 2.94. The van der Waals surface area contributed by atoms with Gasteiger partial charge in [0.05, 0.1) is 19.3 Å². The highest BCUT2D eigenvalue weighted by Gasteiger charge is 2.39. The molecule has 8 heteroatoms. The Bertz CT molecular complexity index is 521. The summed E-state index contributed by atoms with van der Waals surface area (Å²) in [6, 6.07) is -0.716. The van der Waals surface area contributed by atoms with E-state index in [0.29, 0.717) is 24.7 Å². The highest BCUT2D eigenvalue weighted by Crippen LogP contribution is 2.34. The summed E-state index contributed by atoms with van der Waals surface area (Å²) in [5.41, 5.74) is 6.43. The van der Waals surface area contributed by atoms with E-state index in [0.717, 1.165) is 12.8 Å². The number of nitrogens with two attached hydrogens (primary N) is 1. The average molecular weight is 264 g/mol. The molecule has 102 valence electrons. The van der Waals surface area contributed by atoms with Gasteiger partial charge < -0.3 is 15.7 Å². The second kappa shape index (κ2) is 4.61. The summed E-state index contributed by atoms with van der Waals surface area (Å²) in [6.07, 6.45) is 3.99. The van der Waals surface area contributed by atoms with E-state index in [9.17, 15) is 4.79 Å². The van der Waals surface area contributed by atoms with E-state index in [4.69, 9.17) is 10.8 Å². The monoisotopic (exact) mass is 264 g/mol. The quantitative estimate of drug-likeness (QED) is 0.746. The van der Waals surface area contributed by atoms with Crippen molar-refractivity contribution in [3.8, 4) is 0 Å². The standard InChI is InChI=1S/C11H16N6O2/c12-10-9(8-6-16(3-4-18)15-14-8)17(11(19)13-10)5-7-1-2-7/h6-7,9,18H,1-5H2,(H2,12,13,19). The molecule has 0 spiro atoms. The van der Waals surface area contributed by atoms with Crippen molar-refractivity contribution in [2.45, 2.75) is 25.4 Å². The first kappa shape index (κ1) is 12.1. The van der Waals surface area contributed by atoms with E-state index in [2.05, 4.69) is 15.3 Å². The first-order valence-electron chi connectivity index (χ1n) is 6.34. The maximum atomic E-state index is 11.8. The van der Waals surface area contributed by atoms with Crippen molar-refractivity contribution >= 4 is 11.9 Å². The fourth-order valence-corrected chi connectivity index (χ4v) is 2.23. The second-order valence-corrected chi connectivity index (χ2v) is 4.95. The topological polar surface area (TPSA) is 110 Å². The molecule has 1 saturated carbocycles. The van der Waals surface area contributed by atoms with Crippen LogP contribution in [0.15, 0.2) is 11.2 Å². The minimum absolute atomic E-state index is 0.0121. The summed E-state index contributed by atoms with van der Waals surface area (Å²) >= 11 is 0. The molecule has 3 N–H and O–H groups in total. The number of carbonyl (C=O) groups is 1. The van der Waals surface area contributed by atoms with Gasteiger partial charge in [-0.25, -0.2) is 9.48 Å². The Balaban J connectivity index is 1.82. The van der Waals surface area contributed by atoms with Crippen LogP contribution in [0.5, 0.6) is 0 Å². The predicted octanol–water partition coefficient (Wildman–Crippen LogP) is -0.486. The average Bonchev–Trinajstić information content (AvgIpc) is 3.00. The zero-order chi connectivity index (χ0) is 13.4. The summed E-state index contributed by atoms with van der Waals surface area (Å²) in [4.78, 5) is 17.3. The van der Waals surface area contributed by atoms with Crippen molar-refractivity contribution in [1.82, 2.24) is 19.9 Å². The minimum atomic E-state index is -0.416. The molecule has 0 saturated heterocycles. The lowest BCUT2D eigenvalue weighted by Gasteiger charge is -2.22. The number of amidine groups is 1. The molecule has 0 aromatic carbocycles. The number of aromatic nitrogens is 3. The molecule has 1 aliphatic heterocycles. The van der Waals surface area contributed by atoms with Gasteiger partial charge in [-0.3, -0.25) is 0 Å². The van der Waals surface area contributed by atoms with Crippen LogP contribution < -0.4 is 5.73 Å². The largest absolute Gasteiger partial charge is 0.394 e. The number of hydrogen-bond acceptors (Lipinski definition) is 5. The van der Waals surface area contributed by atoms with Gasteiger partial charge in [0.1, 0.15) is 17.6 Å². The van der Waals surface area contributed by atoms with Gasteiger partial charge >= 0.3 is 6.03 Å². The number of carbonyl (C=O) groups excluding carboxylic acids is 1. The Morgan fingerprint density at radius 2 is 2.26 bits per heavy atom. The molecule has 19 heavy (non-hydrogen) atoms. The van der Waals surface area contributed by atoms with Gasteiger partial charge in [-0.15, -0.1) is 5.10 Å². The highest BCUT2D eigenvalue weighted by atomic mass is 16.3. The first-order valence-corrected chi connectivity index (χ1v) is 6.34. The van der Waals surface area contributed by atoms with Crippen LogP contribution >= 0.6 is 0 Å². The number of hydrogen-bond donors (Lipinski definition) is 2. The summed E-state index contributed by atoms with van der Waals surface area (Å²) in [5, 5.41) is 16.8. The van der Waals surface area contributed by atoms with Crippen LogP contribution in [0.4, 0.5) is 4.79 Å². The van der Waals surface area contributed by atoms with Crippen molar-refractivity contribution in [3.05, 3.63) is 11.9 Å². The molecular weight excluding hydrogens is 248 g/mol. The van der Waals surface area contributed by atoms with E-state index in [-0.39, 0.29) is 18.5 Å². The number of aliphatic hydroxyl groups is 1. The minimum Gasteiger partial charge on any atom is -0.394 e. The van der Waals surface area contributed by atoms with Crippen molar-refractivity contribution in [3.63, 3.8) is 0 Å². The number of urea groups is 1. The Morgan fingerprint density at radius 3 is 2.95 bits per heavy atom. The third-order valence-electron chi connectivity index (χ3n) is 3.38. The summed E-state index contributed by atoms with van der Waals surface area (Å²) < 4.78 is 1.53. The van der Waals surface area contributed by atoms with Crippen LogP contribution in [0, 0.1) is 5.92 Å². The van der Waals surface area contributed by atoms with Gasteiger partial charge in [-0.1, -0.05) is 5.21 Å². The maximum Gasteiger partial charge on any atom is 0.346 e. The summed E-state index contributed by atoms with van der Waals surface area (Å²) in [5.74, 6) is 0.821. The van der Waals surface area contributed by atoms with Gasteiger partial charge in [0, 0.05) is 6.54 Å². The molecule has 0 radical (unpaired) electrons. The van der Waals surface area contributed by atoms with E-state index < -0.39 is 6.04 Å². The van der Waals surface area contributed by atoms with Crippen LogP contribution in [0.1, 0.15) is 24.6 Å². The van der Waals surface area contributed by atoms with E-state index in [1.54, 1.807) is 11.1 Å². The van der Waals surface area contributed by atoms with Gasteiger partial charge in [-0.2, -0.15) is 4.99 Å². The van der Waals surface area contributed by atoms with E-state index >= 15 is 0 Å². The van der Waals surface area contributed by atoms with Crippen molar-refractivity contribution in [2.75, 3.05) is 13.2 Å². The zero-order valence-corrected chi connectivity index (χ0v) is 10.4. The Labute approximate surface area is 109 Å². The molecule has 2 aliphatic rings. The van der Waals surface area contributed by atoms with Gasteiger partial charge in [-0.05, 0) is 18.8 Å². The third kappa shape index (κ3) is 2.30. The molecule has 1 fully saturated rings. The zero-order valence-electron chi connectivity index (χ0n) is 10.4. The van der Waals surface area contributed by atoms with Crippen LogP contribution in [0.25, 0.3) is 0 Å². The molecule has 1 aliphatic carbocycles. The molecule has 2 amide bonds. The van der Waals surface area contributed by atoms with E-state index in [1.165, 1.54) is 4.68 Å². The summed E-state index contributed by atoms with van der Waals surface area (Å²) in [6.45, 7) is 1.02. The second-order valence-electron chi connectivity index (χ2n) is 4.95. The number of aliphatic imine (C=N–C) groups is 1. The fraction of sp³-hybridized carbons (Fsp3) is 0.636. The Hall–Kier alpha value is -1.96. The number of aliphatic hydroxyl groups excluding tert-OH is 1. The molecule has 3 rings (SSSR count). The molecule has 0 bridgehead atoms. The lowest BCUT2D eigenvalue weighted by atomic mass is 10.2. The highest BCUT2D eigenvalue weighted by molar-refractivity contribution is 6.03. The normalized spacial score (nSPS) is 23.0. The molecule has 1 aromatic rings. The molecule has 1 unspecified atom stereocenters. The maximum absolute atomic E-state index is 11.8. The van der Waals surface area contributed by atoms with Crippen LogP contribution in [0.3, 0.4) is 0 Å². The molecule has 1 aromatic heterocycles.